The van der Waals surface area contributed by atoms with Gasteiger partial charge in [0.15, 0.2) is 11.5 Å². The van der Waals surface area contributed by atoms with Gasteiger partial charge >= 0.3 is 0 Å². The number of terminal acetylenes is 1. The third-order valence-electron chi connectivity index (χ3n) is 3.66. The monoisotopic (exact) mass is 395 g/mol. The lowest BCUT2D eigenvalue weighted by molar-refractivity contribution is -0.120. The molecular formula is C21H21N3O5. The Labute approximate surface area is 168 Å². The molecule has 2 rings (SSSR count). The highest BCUT2D eigenvalue weighted by Crippen LogP contribution is 2.27. The number of carbonyl (C=O) groups excluding carboxylic acids is 2. The van der Waals surface area contributed by atoms with Crippen molar-refractivity contribution < 1.29 is 23.8 Å². The molecule has 0 unspecified atom stereocenters. The van der Waals surface area contributed by atoms with Crippen molar-refractivity contribution >= 4 is 18.0 Å². The number of methoxy groups -OCH3 is 2. The third-order valence-corrected chi connectivity index (χ3v) is 3.66. The van der Waals surface area contributed by atoms with Crippen LogP contribution >= 0.6 is 0 Å². The van der Waals surface area contributed by atoms with Crippen molar-refractivity contribution in [3.8, 4) is 29.6 Å². The first kappa shape index (κ1) is 21.3. The van der Waals surface area contributed by atoms with Gasteiger partial charge in [0, 0.05) is 5.56 Å². The van der Waals surface area contributed by atoms with E-state index in [1.165, 1.54) is 26.5 Å². The molecule has 29 heavy (non-hydrogen) atoms. The van der Waals surface area contributed by atoms with E-state index in [0.717, 1.165) is 5.56 Å². The van der Waals surface area contributed by atoms with Gasteiger partial charge in [-0.05, 0) is 48.0 Å². The second-order valence-corrected chi connectivity index (χ2v) is 5.61. The molecule has 0 radical (unpaired) electrons. The van der Waals surface area contributed by atoms with Gasteiger partial charge in [-0.25, -0.2) is 5.43 Å². The quantitative estimate of drug-likeness (QED) is 0.382. The minimum absolute atomic E-state index is 0.193. The van der Waals surface area contributed by atoms with Crippen LogP contribution in [-0.4, -0.2) is 45.4 Å². The zero-order valence-corrected chi connectivity index (χ0v) is 16.1. The van der Waals surface area contributed by atoms with E-state index in [-0.39, 0.29) is 13.2 Å². The van der Waals surface area contributed by atoms with Gasteiger partial charge < -0.3 is 19.5 Å². The van der Waals surface area contributed by atoms with Crippen LogP contribution in [0.5, 0.6) is 17.2 Å². The fraction of sp³-hybridized carbons (Fsp3) is 0.190. The summed E-state index contributed by atoms with van der Waals surface area (Å²) in [6, 6.07) is 11.7. The van der Waals surface area contributed by atoms with Gasteiger partial charge in [-0.15, -0.1) is 6.42 Å². The molecule has 0 saturated carbocycles. The van der Waals surface area contributed by atoms with Crippen LogP contribution < -0.4 is 25.0 Å². The van der Waals surface area contributed by atoms with Gasteiger partial charge in [-0.1, -0.05) is 5.92 Å². The van der Waals surface area contributed by atoms with E-state index < -0.39 is 11.8 Å². The molecular weight excluding hydrogens is 374 g/mol. The van der Waals surface area contributed by atoms with Crippen molar-refractivity contribution in [2.24, 2.45) is 5.10 Å². The fourth-order valence-corrected chi connectivity index (χ4v) is 2.23. The highest BCUT2D eigenvalue weighted by atomic mass is 16.5. The molecule has 150 valence electrons. The van der Waals surface area contributed by atoms with E-state index in [1.54, 1.807) is 36.4 Å². The summed E-state index contributed by atoms with van der Waals surface area (Å²) in [6.07, 6.45) is 6.60. The second kappa shape index (κ2) is 11.0. The topological polar surface area (TPSA) is 98.2 Å². The number of carbonyl (C=O) groups is 2. The number of benzene rings is 2. The molecule has 0 bridgehead atoms. The number of nitrogens with one attached hydrogen (secondary N) is 2. The van der Waals surface area contributed by atoms with Crippen molar-refractivity contribution in [3.05, 3.63) is 53.6 Å². The predicted octanol–water partition coefficient (Wildman–Crippen LogP) is 1.60. The molecule has 0 aromatic heterocycles. The number of amides is 2. The molecule has 8 nitrogen and oxygen atoms in total. The Morgan fingerprint density at radius 2 is 1.83 bits per heavy atom. The zero-order valence-electron chi connectivity index (χ0n) is 16.1. The van der Waals surface area contributed by atoms with E-state index in [9.17, 15) is 9.59 Å². The average Bonchev–Trinajstić information content (AvgIpc) is 2.76. The summed E-state index contributed by atoms with van der Waals surface area (Å²) in [6.45, 7) is -0.0398. The molecule has 0 heterocycles. The van der Waals surface area contributed by atoms with Gasteiger partial charge in [0.2, 0.25) is 0 Å². The van der Waals surface area contributed by atoms with Crippen molar-refractivity contribution in [2.75, 3.05) is 27.4 Å². The van der Waals surface area contributed by atoms with Crippen molar-refractivity contribution in [1.29, 1.82) is 0 Å². The lowest BCUT2D eigenvalue weighted by atomic mass is 10.2. The van der Waals surface area contributed by atoms with Crippen LogP contribution in [0.4, 0.5) is 0 Å². The van der Waals surface area contributed by atoms with Crippen molar-refractivity contribution in [3.63, 3.8) is 0 Å². The van der Waals surface area contributed by atoms with E-state index in [2.05, 4.69) is 21.8 Å². The molecule has 2 N–H and O–H groups in total. The van der Waals surface area contributed by atoms with E-state index in [0.29, 0.717) is 22.8 Å². The first-order chi connectivity index (χ1) is 14.1. The Morgan fingerprint density at radius 3 is 2.48 bits per heavy atom. The highest BCUT2D eigenvalue weighted by molar-refractivity contribution is 5.97. The summed E-state index contributed by atoms with van der Waals surface area (Å²) >= 11 is 0. The Morgan fingerprint density at radius 1 is 1.10 bits per heavy atom. The van der Waals surface area contributed by atoms with E-state index in [1.807, 2.05) is 0 Å². The molecule has 2 aromatic rings. The number of ether oxygens (including phenoxy) is 3. The molecule has 0 aliphatic rings. The molecule has 2 amide bonds. The van der Waals surface area contributed by atoms with Crippen LogP contribution in [0.2, 0.25) is 0 Å². The normalized spacial score (nSPS) is 10.1. The molecule has 0 spiro atoms. The number of hydrogen-bond donors (Lipinski definition) is 2. The summed E-state index contributed by atoms with van der Waals surface area (Å²) in [5.41, 5.74) is 3.44. The van der Waals surface area contributed by atoms with Gasteiger partial charge in [0.1, 0.15) is 12.4 Å². The van der Waals surface area contributed by atoms with Gasteiger partial charge in [-0.2, -0.15) is 5.10 Å². The molecule has 0 saturated heterocycles. The van der Waals surface area contributed by atoms with E-state index >= 15 is 0 Å². The standard InChI is InChI=1S/C21H21N3O5/c1-4-11-29-17-8-5-15(6-9-17)13-23-24-20(25)14-22-21(26)16-7-10-18(27-2)19(12-16)28-3/h1,5-10,12-13H,11,14H2,2-3H3,(H,22,26)(H,24,25). The van der Waals surface area contributed by atoms with E-state index in [4.69, 9.17) is 20.6 Å². The molecule has 8 heteroatoms. The Balaban J connectivity index is 1.81. The molecule has 0 aliphatic carbocycles. The number of rotatable bonds is 9. The summed E-state index contributed by atoms with van der Waals surface area (Å²) in [7, 11) is 2.98. The summed E-state index contributed by atoms with van der Waals surface area (Å²) in [5.74, 6) is 3.06. The lowest BCUT2D eigenvalue weighted by Gasteiger charge is -2.09. The van der Waals surface area contributed by atoms with Crippen LogP contribution in [0.1, 0.15) is 15.9 Å². The molecule has 0 aliphatic heterocycles. The summed E-state index contributed by atoms with van der Waals surface area (Å²) in [4.78, 5) is 24.0. The first-order valence-corrected chi connectivity index (χ1v) is 8.56. The number of hydrazone groups is 1. The predicted molar refractivity (Wildman–Crippen MR) is 108 cm³/mol. The average molecular weight is 395 g/mol. The summed E-state index contributed by atoms with van der Waals surface area (Å²) < 4.78 is 15.5. The maximum absolute atomic E-state index is 12.2. The minimum atomic E-state index is -0.468. The van der Waals surface area contributed by atoms with Gasteiger partial charge in [0.05, 0.1) is 27.0 Å². The molecule has 2 aromatic carbocycles. The molecule has 0 atom stereocenters. The zero-order chi connectivity index (χ0) is 21.1. The third kappa shape index (κ3) is 6.59. The second-order valence-electron chi connectivity index (χ2n) is 5.61. The Bertz CT molecular complexity index is 917. The highest BCUT2D eigenvalue weighted by Gasteiger charge is 2.11. The SMILES string of the molecule is C#CCOc1ccc(C=NNC(=O)CNC(=O)c2ccc(OC)c(OC)c2)cc1. The fourth-order valence-electron chi connectivity index (χ4n) is 2.23. The van der Waals surface area contributed by atoms with Crippen LogP contribution in [0, 0.1) is 12.3 Å². The van der Waals surface area contributed by atoms with Crippen molar-refractivity contribution in [1.82, 2.24) is 10.7 Å². The van der Waals surface area contributed by atoms with Gasteiger partial charge in [-0.3, -0.25) is 9.59 Å². The van der Waals surface area contributed by atoms with Crippen molar-refractivity contribution in [2.45, 2.75) is 0 Å². The summed E-state index contributed by atoms with van der Waals surface area (Å²) in [5, 5.41) is 6.36. The first-order valence-electron chi connectivity index (χ1n) is 8.56. The Hall–Kier alpha value is -3.99. The van der Waals surface area contributed by atoms with Crippen LogP contribution in [0.25, 0.3) is 0 Å². The van der Waals surface area contributed by atoms with Crippen LogP contribution in [0.3, 0.4) is 0 Å². The Kier molecular flexibility index (Phi) is 8.08. The van der Waals surface area contributed by atoms with Crippen LogP contribution in [-0.2, 0) is 4.79 Å². The van der Waals surface area contributed by atoms with Gasteiger partial charge in [0.25, 0.3) is 11.8 Å². The smallest absolute Gasteiger partial charge is 0.259 e. The van der Waals surface area contributed by atoms with Crippen LogP contribution in [0.15, 0.2) is 47.6 Å². The molecule has 0 fully saturated rings. The number of hydrogen-bond acceptors (Lipinski definition) is 6. The lowest BCUT2D eigenvalue weighted by Crippen LogP contribution is -2.34. The largest absolute Gasteiger partial charge is 0.493 e. The number of nitrogens with zero attached hydrogens (tertiary/aromatic N) is 1. The maximum atomic E-state index is 12.2. The minimum Gasteiger partial charge on any atom is -0.493 e. The maximum Gasteiger partial charge on any atom is 0.259 e.